The Balaban J connectivity index is 2.87. The quantitative estimate of drug-likeness (QED) is 0.789. The lowest BCUT2D eigenvalue weighted by Crippen LogP contribution is -2.31. The highest BCUT2D eigenvalue weighted by Crippen LogP contribution is 2.26. The number of methoxy groups -OCH3 is 1. The molecule has 0 fully saturated rings. The average molecular weight is 292 g/mol. The van der Waals surface area contributed by atoms with E-state index in [0.29, 0.717) is 17.9 Å². The number of pyridine rings is 1. The summed E-state index contributed by atoms with van der Waals surface area (Å²) < 4.78 is 5.52. The second-order valence-electron chi connectivity index (χ2n) is 6.81. The van der Waals surface area contributed by atoms with Gasteiger partial charge in [0.15, 0.2) is 0 Å². The van der Waals surface area contributed by atoms with E-state index in [0.717, 1.165) is 24.3 Å². The molecular weight excluding hydrogens is 260 g/mol. The van der Waals surface area contributed by atoms with Crippen LogP contribution in [0.1, 0.15) is 50.9 Å². The van der Waals surface area contributed by atoms with E-state index in [4.69, 9.17) is 4.74 Å². The fourth-order valence-corrected chi connectivity index (χ4v) is 2.86. The van der Waals surface area contributed by atoms with E-state index < -0.39 is 0 Å². The zero-order valence-electron chi connectivity index (χ0n) is 14.8. The summed E-state index contributed by atoms with van der Waals surface area (Å²) in [6.07, 6.45) is 4.17. The van der Waals surface area contributed by atoms with Crippen LogP contribution in [0.3, 0.4) is 0 Å². The first-order valence-corrected chi connectivity index (χ1v) is 8.07. The number of rotatable bonds is 8. The smallest absolute Gasteiger partial charge is 0.128 e. The molecule has 0 aliphatic rings. The van der Waals surface area contributed by atoms with E-state index in [1.807, 2.05) is 6.20 Å². The van der Waals surface area contributed by atoms with Crippen LogP contribution >= 0.6 is 0 Å². The lowest BCUT2D eigenvalue weighted by Gasteiger charge is -2.22. The fraction of sp³-hybridized carbons (Fsp3) is 0.722. The van der Waals surface area contributed by atoms with Gasteiger partial charge in [0.05, 0.1) is 7.11 Å². The number of nitrogens with zero attached hydrogens (tertiary/aromatic N) is 1. The van der Waals surface area contributed by atoms with E-state index in [-0.39, 0.29) is 0 Å². The van der Waals surface area contributed by atoms with Crippen LogP contribution in [-0.2, 0) is 6.42 Å². The second-order valence-corrected chi connectivity index (χ2v) is 6.81. The van der Waals surface area contributed by atoms with Crippen molar-refractivity contribution in [2.45, 2.75) is 60.4 Å². The summed E-state index contributed by atoms with van der Waals surface area (Å²) in [7, 11) is 1.74. The van der Waals surface area contributed by atoms with Crippen molar-refractivity contribution in [2.24, 2.45) is 11.8 Å². The molecular formula is C18H32N2O. The molecule has 0 aromatic carbocycles. The summed E-state index contributed by atoms with van der Waals surface area (Å²) in [6.45, 7) is 14.2. The summed E-state index contributed by atoms with van der Waals surface area (Å²) in [6, 6.07) is 0.529. The summed E-state index contributed by atoms with van der Waals surface area (Å²) in [4.78, 5) is 4.65. The summed E-state index contributed by atoms with van der Waals surface area (Å²) >= 11 is 0. The van der Waals surface area contributed by atoms with Crippen LogP contribution in [0.15, 0.2) is 6.20 Å². The number of aryl methyl sites for hydroxylation is 1. The van der Waals surface area contributed by atoms with Crippen molar-refractivity contribution in [3.8, 4) is 5.75 Å². The number of hydrogen-bond acceptors (Lipinski definition) is 3. The Bertz CT molecular complexity index is 441. The second kappa shape index (κ2) is 8.38. The highest BCUT2D eigenvalue weighted by Gasteiger charge is 2.17. The molecule has 1 aromatic rings. The van der Waals surface area contributed by atoms with Crippen molar-refractivity contribution in [1.82, 2.24) is 10.3 Å². The topological polar surface area (TPSA) is 34.1 Å². The summed E-state index contributed by atoms with van der Waals surface area (Å²) in [5.41, 5.74) is 3.48. The molecule has 0 spiro atoms. The van der Waals surface area contributed by atoms with Crippen LogP contribution < -0.4 is 10.1 Å². The minimum absolute atomic E-state index is 0.529. The van der Waals surface area contributed by atoms with Crippen LogP contribution in [0.25, 0.3) is 0 Å². The molecule has 1 heterocycles. The highest BCUT2D eigenvalue weighted by molar-refractivity contribution is 5.41. The molecule has 3 heteroatoms. The Labute approximate surface area is 130 Å². The molecule has 1 aromatic heterocycles. The first-order valence-electron chi connectivity index (χ1n) is 8.07. The lowest BCUT2D eigenvalue weighted by molar-refractivity contribution is 0.367. The Morgan fingerprint density at radius 1 is 1.19 bits per heavy atom. The lowest BCUT2D eigenvalue weighted by atomic mass is 9.91. The summed E-state index contributed by atoms with van der Waals surface area (Å²) in [5, 5.41) is 3.57. The van der Waals surface area contributed by atoms with Crippen LogP contribution in [0.4, 0.5) is 0 Å². The van der Waals surface area contributed by atoms with Gasteiger partial charge < -0.3 is 10.1 Å². The number of aromatic nitrogens is 1. The van der Waals surface area contributed by atoms with E-state index in [9.17, 15) is 0 Å². The first kappa shape index (κ1) is 18.0. The van der Waals surface area contributed by atoms with Crippen molar-refractivity contribution < 1.29 is 4.74 Å². The van der Waals surface area contributed by atoms with Gasteiger partial charge in [-0.1, -0.05) is 27.7 Å². The normalized spacial score (nSPS) is 13.0. The SMILES string of the molecule is COc1c(C)cnc(CC(CNC(C)C)CC(C)C)c1C. The Kier molecular flexibility index (Phi) is 7.16. The van der Waals surface area contributed by atoms with Gasteiger partial charge in [-0.25, -0.2) is 0 Å². The van der Waals surface area contributed by atoms with Gasteiger partial charge in [-0.15, -0.1) is 0 Å². The van der Waals surface area contributed by atoms with Crippen LogP contribution in [0, 0.1) is 25.7 Å². The third-order valence-corrected chi connectivity index (χ3v) is 3.85. The third kappa shape index (κ3) is 5.66. The molecule has 0 amide bonds. The molecule has 1 N–H and O–H groups in total. The first-order chi connectivity index (χ1) is 9.85. The number of hydrogen-bond donors (Lipinski definition) is 1. The Morgan fingerprint density at radius 2 is 1.86 bits per heavy atom. The van der Waals surface area contributed by atoms with Gasteiger partial charge in [0.25, 0.3) is 0 Å². The fourth-order valence-electron chi connectivity index (χ4n) is 2.86. The molecule has 120 valence electrons. The van der Waals surface area contributed by atoms with Gasteiger partial charge in [-0.3, -0.25) is 4.98 Å². The molecule has 0 aliphatic heterocycles. The summed E-state index contributed by atoms with van der Waals surface area (Å²) in [5.74, 6) is 2.31. The molecule has 0 saturated carbocycles. The molecule has 1 unspecified atom stereocenters. The van der Waals surface area contributed by atoms with Crippen molar-refractivity contribution in [1.29, 1.82) is 0 Å². The van der Waals surface area contributed by atoms with Gasteiger partial charge in [-0.05, 0) is 45.1 Å². The molecule has 0 aliphatic carbocycles. The van der Waals surface area contributed by atoms with Gasteiger partial charge in [-0.2, -0.15) is 0 Å². The molecule has 0 bridgehead atoms. The Hall–Kier alpha value is -1.09. The predicted molar refractivity (Wildman–Crippen MR) is 90.1 cm³/mol. The van der Waals surface area contributed by atoms with Crippen LogP contribution in [0.5, 0.6) is 5.75 Å². The minimum atomic E-state index is 0.529. The Morgan fingerprint density at radius 3 is 2.38 bits per heavy atom. The molecule has 0 radical (unpaired) electrons. The molecule has 3 nitrogen and oxygen atoms in total. The van der Waals surface area contributed by atoms with Crippen LogP contribution in [-0.4, -0.2) is 24.7 Å². The maximum absolute atomic E-state index is 5.52. The van der Waals surface area contributed by atoms with Gasteiger partial charge in [0.2, 0.25) is 0 Å². The molecule has 0 saturated heterocycles. The number of ether oxygens (including phenoxy) is 1. The van der Waals surface area contributed by atoms with Gasteiger partial charge in [0, 0.05) is 29.1 Å². The highest BCUT2D eigenvalue weighted by atomic mass is 16.5. The standard InChI is InChI=1S/C18H32N2O/c1-12(2)8-16(11-19-13(3)4)9-17-15(6)18(21-7)14(5)10-20-17/h10,12-13,16,19H,8-9,11H2,1-7H3. The number of nitrogens with one attached hydrogen (secondary N) is 1. The molecule has 1 atom stereocenters. The minimum Gasteiger partial charge on any atom is -0.496 e. The van der Waals surface area contributed by atoms with E-state index >= 15 is 0 Å². The molecule has 1 rings (SSSR count). The van der Waals surface area contributed by atoms with Gasteiger partial charge in [0.1, 0.15) is 5.75 Å². The maximum Gasteiger partial charge on any atom is 0.128 e. The van der Waals surface area contributed by atoms with Crippen molar-refractivity contribution in [2.75, 3.05) is 13.7 Å². The van der Waals surface area contributed by atoms with E-state index in [1.165, 1.54) is 17.7 Å². The third-order valence-electron chi connectivity index (χ3n) is 3.85. The van der Waals surface area contributed by atoms with E-state index in [2.05, 4.69) is 51.8 Å². The van der Waals surface area contributed by atoms with Crippen molar-refractivity contribution >= 4 is 0 Å². The van der Waals surface area contributed by atoms with Crippen LogP contribution in [0.2, 0.25) is 0 Å². The van der Waals surface area contributed by atoms with Gasteiger partial charge >= 0.3 is 0 Å². The predicted octanol–water partition coefficient (Wildman–Crippen LogP) is 3.91. The maximum atomic E-state index is 5.52. The largest absolute Gasteiger partial charge is 0.496 e. The molecule has 21 heavy (non-hydrogen) atoms. The zero-order chi connectivity index (χ0) is 16.0. The van der Waals surface area contributed by atoms with Crippen molar-refractivity contribution in [3.05, 3.63) is 23.0 Å². The monoisotopic (exact) mass is 292 g/mol. The zero-order valence-corrected chi connectivity index (χ0v) is 14.8. The average Bonchev–Trinajstić information content (AvgIpc) is 2.39. The van der Waals surface area contributed by atoms with Crippen molar-refractivity contribution in [3.63, 3.8) is 0 Å². The van der Waals surface area contributed by atoms with E-state index in [1.54, 1.807) is 7.11 Å².